The molecule has 1 N–H and O–H groups in total. The second kappa shape index (κ2) is 12.3. The van der Waals surface area contributed by atoms with Gasteiger partial charge < -0.3 is 10.1 Å². The van der Waals surface area contributed by atoms with E-state index in [0.29, 0.717) is 29.1 Å². The molecule has 0 aliphatic carbocycles. The van der Waals surface area contributed by atoms with Gasteiger partial charge in [-0.2, -0.15) is 4.99 Å². The summed E-state index contributed by atoms with van der Waals surface area (Å²) in [5.74, 6) is 0.547. The van der Waals surface area contributed by atoms with E-state index in [2.05, 4.69) is 69.1 Å². The minimum Gasteiger partial charge on any atom is -0.406 e. The van der Waals surface area contributed by atoms with Crippen LogP contribution in [-0.4, -0.2) is 30.8 Å². The Morgan fingerprint density at radius 1 is 1.05 bits per heavy atom. The molecule has 12 heteroatoms. The van der Waals surface area contributed by atoms with Crippen molar-refractivity contribution in [3.63, 3.8) is 0 Å². The predicted octanol–water partition coefficient (Wildman–Crippen LogP) is 7.09. The van der Waals surface area contributed by atoms with Gasteiger partial charge in [0.25, 0.3) is 0 Å². The van der Waals surface area contributed by atoms with Gasteiger partial charge in [-0.15, -0.1) is 29.6 Å². The zero-order chi connectivity index (χ0) is 29.9. The number of thiocarbonyl (C=S) groups is 1. The minimum atomic E-state index is -4.74. The largest absolute Gasteiger partial charge is 0.573 e. The molecule has 2 heterocycles. The number of hydrogen-bond acceptors (Lipinski definition) is 5. The van der Waals surface area contributed by atoms with E-state index in [1.165, 1.54) is 40.8 Å². The van der Waals surface area contributed by atoms with Crippen LogP contribution in [0.1, 0.15) is 36.6 Å². The Balaban J connectivity index is 1.24. The quantitative estimate of drug-likeness (QED) is 0.200. The number of benzene rings is 3. The molecule has 216 valence electrons. The van der Waals surface area contributed by atoms with E-state index in [1.807, 2.05) is 30.3 Å². The highest BCUT2D eigenvalue weighted by atomic mass is 32.1. The van der Waals surface area contributed by atoms with Crippen molar-refractivity contribution in [2.24, 2.45) is 4.99 Å². The number of aromatic nitrogens is 4. The van der Waals surface area contributed by atoms with Crippen LogP contribution < -0.4 is 14.9 Å². The lowest BCUT2D eigenvalue weighted by Crippen LogP contribution is -2.24. The van der Waals surface area contributed by atoms with Crippen molar-refractivity contribution in [1.82, 2.24) is 24.6 Å². The fraction of sp³-hybridized carbons (Fsp3) is 0.200. The molecular formula is C30H27F3N6OS2. The van der Waals surface area contributed by atoms with Gasteiger partial charge in [0, 0.05) is 23.2 Å². The Hall–Kier alpha value is -4.29. The van der Waals surface area contributed by atoms with E-state index in [1.54, 1.807) is 11.3 Å². The van der Waals surface area contributed by atoms with Gasteiger partial charge in [0.1, 0.15) is 12.1 Å². The summed E-state index contributed by atoms with van der Waals surface area (Å²) in [5, 5.41) is 10.1. The molecule has 0 atom stereocenters. The molecule has 0 radical (unpaired) electrons. The summed E-state index contributed by atoms with van der Waals surface area (Å²) in [4.78, 5) is 9.85. The van der Waals surface area contributed by atoms with E-state index >= 15 is 0 Å². The Labute approximate surface area is 250 Å². The van der Waals surface area contributed by atoms with Gasteiger partial charge in [-0.25, -0.2) is 9.67 Å². The predicted molar refractivity (Wildman–Crippen MR) is 161 cm³/mol. The highest BCUT2D eigenvalue weighted by Crippen LogP contribution is 2.25. The minimum absolute atomic E-state index is 0.302. The average Bonchev–Trinajstić information content (AvgIpc) is 3.59. The Morgan fingerprint density at radius 3 is 2.45 bits per heavy atom. The molecule has 42 heavy (non-hydrogen) atoms. The van der Waals surface area contributed by atoms with E-state index < -0.39 is 6.36 Å². The molecule has 0 saturated carbocycles. The third-order valence-corrected chi connectivity index (χ3v) is 7.54. The first-order chi connectivity index (χ1) is 20.1. The molecule has 0 saturated heterocycles. The summed E-state index contributed by atoms with van der Waals surface area (Å²) in [7, 11) is 0. The maximum Gasteiger partial charge on any atom is 0.573 e. The fourth-order valence-corrected chi connectivity index (χ4v) is 5.43. The maximum absolute atomic E-state index is 12.4. The summed E-state index contributed by atoms with van der Waals surface area (Å²) in [6, 6.07) is 21.4. The molecule has 3 aromatic carbocycles. The topological polar surface area (TPSA) is 69.3 Å². The van der Waals surface area contributed by atoms with Crippen LogP contribution in [0.15, 0.2) is 89.5 Å². The van der Waals surface area contributed by atoms with Gasteiger partial charge in [-0.05, 0) is 66.5 Å². The monoisotopic (exact) mass is 608 g/mol. The van der Waals surface area contributed by atoms with Crippen molar-refractivity contribution in [2.45, 2.75) is 39.6 Å². The van der Waals surface area contributed by atoms with Gasteiger partial charge in [0.05, 0.1) is 11.4 Å². The van der Waals surface area contributed by atoms with Crippen molar-refractivity contribution < 1.29 is 17.9 Å². The molecule has 0 aliphatic heterocycles. The lowest BCUT2D eigenvalue weighted by Gasteiger charge is -2.15. The molecule has 0 amide bonds. The highest BCUT2D eigenvalue weighted by molar-refractivity contribution is 7.80. The van der Waals surface area contributed by atoms with Crippen LogP contribution >= 0.6 is 23.6 Å². The number of rotatable bonds is 7. The van der Waals surface area contributed by atoms with Crippen LogP contribution in [0.5, 0.6) is 5.75 Å². The van der Waals surface area contributed by atoms with E-state index in [0.717, 1.165) is 27.3 Å². The molecule has 0 bridgehead atoms. The van der Waals surface area contributed by atoms with E-state index in [9.17, 15) is 13.2 Å². The summed E-state index contributed by atoms with van der Waals surface area (Å²) in [5.41, 5.74) is 5.78. The number of halogens is 3. The number of nitrogens with zero attached hydrogens (tertiary/aromatic N) is 5. The van der Waals surface area contributed by atoms with Crippen molar-refractivity contribution in [3.8, 4) is 28.5 Å². The molecule has 5 aromatic rings. The van der Waals surface area contributed by atoms with E-state index in [-0.39, 0.29) is 5.75 Å². The third-order valence-electron chi connectivity index (χ3n) is 6.36. The van der Waals surface area contributed by atoms with Crippen LogP contribution in [-0.2, 0) is 6.54 Å². The van der Waals surface area contributed by atoms with Crippen molar-refractivity contribution >= 4 is 28.7 Å². The van der Waals surface area contributed by atoms with Crippen molar-refractivity contribution in [3.05, 3.63) is 106 Å². The summed E-state index contributed by atoms with van der Waals surface area (Å²) >= 11 is 7.10. The normalized spacial score (nSPS) is 12.1. The van der Waals surface area contributed by atoms with Gasteiger partial charge in [-0.3, -0.25) is 4.57 Å². The van der Waals surface area contributed by atoms with Crippen LogP contribution in [0, 0.1) is 6.92 Å². The van der Waals surface area contributed by atoms with Crippen LogP contribution in [0.4, 0.5) is 13.2 Å². The highest BCUT2D eigenvalue weighted by Gasteiger charge is 2.31. The Morgan fingerprint density at radius 2 is 1.76 bits per heavy atom. The number of para-hydroxylation sites is 1. The summed E-state index contributed by atoms with van der Waals surface area (Å²) < 4.78 is 44.7. The van der Waals surface area contributed by atoms with Gasteiger partial charge in [0.2, 0.25) is 0 Å². The molecule has 5 rings (SSSR count). The van der Waals surface area contributed by atoms with Gasteiger partial charge in [-0.1, -0.05) is 56.3 Å². The lowest BCUT2D eigenvalue weighted by molar-refractivity contribution is -0.274. The van der Waals surface area contributed by atoms with Crippen LogP contribution in [0.2, 0.25) is 0 Å². The first-order valence-electron chi connectivity index (χ1n) is 13.0. The summed E-state index contributed by atoms with van der Waals surface area (Å²) in [6.45, 7) is 6.90. The van der Waals surface area contributed by atoms with E-state index in [4.69, 9.17) is 17.2 Å². The zero-order valence-corrected chi connectivity index (χ0v) is 24.6. The zero-order valence-electron chi connectivity index (χ0n) is 23.0. The number of ether oxygens (including phenoxy) is 1. The fourth-order valence-electron chi connectivity index (χ4n) is 4.34. The number of thiazole rings is 1. The second-order valence-electron chi connectivity index (χ2n) is 9.73. The number of hydrogen-bond donors (Lipinski definition) is 1. The van der Waals surface area contributed by atoms with Crippen molar-refractivity contribution in [1.29, 1.82) is 0 Å². The SMILES string of the molecule is Cc1cs/c(=N\C(=S)NCc2ccc(-c3ncn(-c4ccc(OC(F)(F)F)cc4)n3)cc2)n1-c1ccccc1C(C)C. The third kappa shape index (κ3) is 6.94. The Kier molecular flexibility index (Phi) is 8.55. The lowest BCUT2D eigenvalue weighted by atomic mass is 10.0. The molecule has 2 aromatic heterocycles. The van der Waals surface area contributed by atoms with Crippen molar-refractivity contribution in [2.75, 3.05) is 0 Å². The molecule has 0 unspecified atom stereocenters. The first kappa shape index (κ1) is 29.2. The molecule has 0 fully saturated rings. The van der Waals surface area contributed by atoms with Gasteiger partial charge in [0.15, 0.2) is 15.7 Å². The van der Waals surface area contributed by atoms with Crippen LogP contribution in [0.25, 0.3) is 22.8 Å². The molecule has 7 nitrogen and oxygen atoms in total. The molecular weight excluding hydrogens is 581 g/mol. The Bertz CT molecular complexity index is 1750. The standard InChI is InChI=1S/C30H27F3N6OS2/c1-19(2)25-6-4-5-7-26(25)39-20(3)17-42-29(39)36-28(41)34-16-21-8-10-22(11-9-21)27-35-18-38(37-27)23-12-14-24(15-13-23)40-30(31,32)33/h4-15,17-19H,16H2,1-3H3,(H,34,41)/b36-29-. The number of alkyl halides is 3. The number of aryl methyl sites for hydroxylation is 1. The maximum atomic E-state index is 12.4. The molecule has 0 spiro atoms. The number of nitrogens with one attached hydrogen (secondary N) is 1. The van der Waals surface area contributed by atoms with Gasteiger partial charge >= 0.3 is 6.36 Å². The molecule has 0 aliphatic rings. The van der Waals surface area contributed by atoms with Crippen LogP contribution in [0.3, 0.4) is 0 Å². The second-order valence-corrected chi connectivity index (χ2v) is 11.0. The first-order valence-corrected chi connectivity index (χ1v) is 14.3. The smallest absolute Gasteiger partial charge is 0.406 e. The summed E-state index contributed by atoms with van der Waals surface area (Å²) in [6.07, 6.45) is -3.24. The average molecular weight is 609 g/mol.